The lowest BCUT2D eigenvalue weighted by Crippen LogP contribution is -2.03. The highest BCUT2D eigenvalue weighted by Crippen LogP contribution is 2.29. The first-order valence-corrected chi connectivity index (χ1v) is 6.98. The van der Waals surface area contributed by atoms with Crippen LogP contribution in [0.2, 0.25) is 0 Å². The highest BCUT2D eigenvalue weighted by Gasteiger charge is 2.14. The molecule has 5 nitrogen and oxygen atoms in total. The molecule has 0 aliphatic heterocycles. The summed E-state index contributed by atoms with van der Waals surface area (Å²) in [4.78, 5) is 15.2. The van der Waals surface area contributed by atoms with Gasteiger partial charge in [-0.05, 0) is 26.3 Å². The van der Waals surface area contributed by atoms with E-state index in [2.05, 4.69) is 27.9 Å². The van der Waals surface area contributed by atoms with E-state index >= 15 is 0 Å². The Balaban J connectivity index is 2.33. The molecule has 0 bridgehead atoms. The van der Waals surface area contributed by atoms with E-state index in [-0.39, 0.29) is 0 Å². The van der Waals surface area contributed by atoms with Crippen molar-refractivity contribution in [3.63, 3.8) is 0 Å². The fourth-order valence-corrected chi connectivity index (χ4v) is 3.01. The van der Waals surface area contributed by atoms with Crippen LogP contribution in [0.5, 0.6) is 0 Å². The third kappa shape index (κ3) is 1.88. The normalized spacial score (nSPS) is 11.3. The average molecular weight is 273 g/mol. The molecule has 0 aliphatic carbocycles. The molecule has 3 heterocycles. The summed E-state index contributed by atoms with van der Waals surface area (Å²) in [6.07, 6.45) is 2.78. The van der Waals surface area contributed by atoms with Crippen molar-refractivity contribution in [1.82, 2.24) is 19.5 Å². The van der Waals surface area contributed by atoms with Gasteiger partial charge in [0.05, 0.1) is 11.1 Å². The first kappa shape index (κ1) is 12.1. The quantitative estimate of drug-likeness (QED) is 0.779. The van der Waals surface area contributed by atoms with Crippen molar-refractivity contribution in [2.45, 2.75) is 27.2 Å². The van der Waals surface area contributed by atoms with Crippen LogP contribution in [-0.2, 0) is 6.42 Å². The minimum atomic E-state index is 0.303. The monoisotopic (exact) mass is 273 g/mol. The van der Waals surface area contributed by atoms with Gasteiger partial charge in [0.15, 0.2) is 5.82 Å². The van der Waals surface area contributed by atoms with Crippen LogP contribution in [0, 0.1) is 13.8 Å². The second-order valence-electron chi connectivity index (χ2n) is 4.48. The summed E-state index contributed by atoms with van der Waals surface area (Å²) in [7, 11) is 0. The van der Waals surface area contributed by atoms with Crippen LogP contribution < -0.4 is 5.73 Å². The molecule has 0 fully saturated rings. The minimum absolute atomic E-state index is 0.303. The summed E-state index contributed by atoms with van der Waals surface area (Å²) in [5, 5.41) is 1.04. The van der Waals surface area contributed by atoms with Crippen LogP contribution in [0.15, 0.2) is 12.4 Å². The Kier molecular flexibility index (Phi) is 2.74. The Morgan fingerprint density at radius 1 is 1.32 bits per heavy atom. The number of nitrogens with zero attached hydrogens (tertiary/aromatic N) is 4. The zero-order valence-electron chi connectivity index (χ0n) is 11.1. The first-order chi connectivity index (χ1) is 9.10. The van der Waals surface area contributed by atoms with Gasteiger partial charge >= 0.3 is 0 Å². The number of aryl methyl sites for hydroxylation is 2. The van der Waals surface area contributed by atoms with Gasteiger partial charge in [-0.2, -0.15) is 4.98 Å². The van der Waals surface area contributed by atoms with Crippen molar-refractivity contribution in [3.05, 3.63) is 28.7 Å². The highest BCUT2D eigenvalue weighted by atomic mass is 32.1. The number of fused-ring (bicyclic) bond motifs is 1. The lowest BCUT2D eigenvalue weighted by Gasteiger charge is -2.06. The molecule has 0 saturated carbocycles. The molecular weight excluding hydrogens is 258 g/mol. The molecule has 3 aromatic rings. The van der Waals surface area contributed by atoms with E-state index in [1.54, 1.807) is 17.7 Å². The summed E-state index contributed by atoms with van der Waals surface area (Å²) in [6.45, 7) is 6.14. The Labute approximate surface area is 115 Å². The molecule has 0 amide bonds. The number of nitrogens with two attached hydrogens (primary N) is 1. The van der Waals surface area contributed by atoms with E-state index < -0.39 is 0 Å². The first-order valence-electron chi connectivity index (χ1n) is 6.17. The maximum atomic E-state index is 5.82. The SMILES string of the molecule is CCc1cc2c(-n3cnc(C)c3C)nc(N)nc2s1. The summed E-state index contributed by atoms with van der Waals surface area (Å²) in [5.41, 5.74) is 7.89. The van der Waals surface area contributed by atoms with Gasteiger partial charge in [0, 0.05) is 10.6 Å². The van der Waals surface area contributed by atoms with E-state index in [0.29, 0.717) is 5.95 Å². The predicted octanol–water partition coefficient (Wildman–Crippen LogP) is 2.64. The maximum absolute atomic E-state index is 5.82. The molecule has 0 unspecified atom stereocenters. The van der Waals surface area contributed by atoms with Gasteiger partial charge < -0.3 is 5.73 Å². The third-order valence-electron chi connectivity index (χ3n) is 3.27. The van der Waals surface area contributed by atoms with Crippen LogP contribution >= 0.6 is 11.3 Å². The molecule has 0 saturated heterocycles. The molecule has 6 heteroatoms. The van der Waals surface area contributed by atoms with Crippen LogP contribution in [0.3, 0.4) is 0 Å². The molecule has 0 aliphatic rings. The Hall–Kier alpha value is -1.95. The number of rotatable bonds is 2. The number of nitrogen functional groups attached to an aromatic ring is 1. The Morgan fingerprint density at radius 2 is 2.11 bits per heavy atom. The van der Waals surface area contributed by atoms with Crippen LogP contribution in [0.4, 0.5) is 5.95 Å². The molecule has 98 valence electrons. The molecule has 0 spiro atoms. The maximum Gasteiger partial charge on any atom is 0.223 e. The van der Waals surface area contributed by atoms with Crippen molar-refractivity contribution >= 4 is 27.5 Å². The molecule has 3 rings (SSSR count). The predicted molar refractivity (Wildman–Crippen MR) is 77.8 cm³/mol. The van der Waals surface area contributed by atoms with Crippen LogP contribution in [-0.4, -0.2) is 19.5 Å². The van der Waals surface area contributed by atoms with E-state index in [4.69, 9.17) is 5.73 Å². The lowest BCUT2D eigenvalue weighted by molar-refractivity contribution is 0.958. The second-order valence-corrected chi connectivity index (χ2v) is 5.59. The largest absolute Gasteiger partial charge is 0.368 e. The summed E-state index contributed by atoms with van der Waals surface area (Å²) in [6, 6.07) is 2.14. The zero-order chi connectivity index (χ0) is 13.6. The third-order valence-corrected chi connectivity index (χ3v) is 4.44. The smallest absolute Gasteiger partial charge is 0.223 e. The molecule has 19 heavy (non-hydrogen) atoms. The number of hydrogen-bond acceptors (Lipinski definition) is 5. The van der Waals surface area contributed by atoms with Gasteiger partial charge in [0.1, 0.15) is 11.2 Å². The van der Waals surface area contributed by atoms with E-state index in [1.807, 2.05) is 18.4 Å². The number of thiophene rings is 1. The molecule has 0 radical (unpaired) electrons. The number of hydrogen-bond donors (Lipinski definition) is 1. The fraction of sp³-hybridized carbons (Fsp3) is 0.308. The van der Waals surface area contributed by atoms with Crippen LogP contribution in [0.25, 0.3) is 16.0 Å². The second kappa shape index (κ2) is 4.31. The van der Waals surface area contributed by atoms with Gasteiger partial charge in [0.25, 0.3) is 0 Å². The van der Waals surface area contributed by atoms with E-state index in [1.165, 1.54) is 4.88 Å². The molecular formula is C13H15N5S. The van der Waals surface area contributed by atoms with Crippen molar-refractivity contribution in [1.29, 1.82) is 0 Å². The lowest BCUT2D eigenvalue weighted by atomic mass is 10.3. The van der Waals surface area contributed by atoms with Crippen molar-refractivity contribution < 1.29 is 0 Å². The van der Waals surface area contributed by atoms with E-state index in [0.717, 1.165) is 33.8 Å². The van der Waals surface area contributed by atoms with Gasteiger partial charge in [0.2, 0.25) is 5.95 Å². The summed E-state index contributed by atoms with van der Waals surface area (Å²) >= 11 is 1.67. The molecule has 2 N–H and O–H groups in total. The summed E-state index contributed by atoms with van der Waals surface area (Å²) < 4.78 is 1.97. The average Bonchev–Trinajstić information content (AvgIpc) is 2.93. The van der Waals surface area contributed by atoms with Gasteiger partial charge in [-0.1, -0.05) is 6.92 Å². The number of anilines is 1. The highest BCUT2D eigenvalue weighted by molar-refractivity contribution is 7.18. The Morgan fingerprint density at radius 3 is 2.74 bits per heavy atom. The topological polar surface area (TPSA) is 69.6 Å². The van der Waals surface area contributed by atoms with Gasteiger partial charge in [-0.25, -0.2) is 9.97 Å². The number of aromatic nitrogens is 4. The van der Waals surface area contributed by atoms with Crippen molar-refractivity contribution in [2.75, 3.05) is 5.73 Å². The van der Waals surface area contributed by atoms with Gasteiger partial charge in [-0.15, -0.1) is 11.3 Å². The molecule has 3 aromatic heterocycles. The number of imidazole rings is 1. The van der Waals surface area contributed by atoms with E-state index in [9.17, 15) is 0 Å². The minimum Gasteiger partial charge on any atom is -0.368 e. The molecule has 0 aromatic carbocycles. The zero-order valence-corrected chi connectivity index (χ0v) is 12.0. The van der Waals surface area contributed by atoms with Crippen LogP contribution in [0.1, 0.15) is 23.2 Å². The standard InChI is InChI=1S/C13H15N5S/c1-4-9-5-10-11(16-13(14)17-12(10)19-9)18-6-15-7(2)8(18)3/h5-6H,4H2,1-3H3,(H2,14,16,17). The van der Waals surface area contributed by atoms with Crippen molar-refractivity contribution in [3.8, 4) is 5.82 Å². The summed E-state index contributed by atoms with van der Waals surface area (Å²) in [5.74, 6) is 1.12. The molecule has 0 atom stereocenters. The van der Waals surface area contributed by atoms with Gasteiger partial charge in [-0.3, -0.25) is 4.57 Å². The fourth-order valence-electron chi connectivity index (χ4n) is 2.04. The van der Waals surface area contributed by atoms with Crippen molar-refractivity contribution in [2.24, 2.45) is 0 Å². The Bertz CT molecular complexity index is 756.